The molecule has 1 aromatic rings. The van der Waals surface area contributed by atoms with Crippen LogP contribution in [0.2, 0.25) is 0 Å². The number of hydrogen-bond acceptors (Lipinski definition) is 4. The number of aromatic nitrogens is 1. The molecule has 6 nitrogen and oxygen atoms in total. The van der Waals surface area contributed by atoms with Crippen molar-refractivity contribution in [1.82, 2.24) is 14.8 Å². The van der Waals surface area contributed by atoms with Crippen molar-refractivity contribution in [3.8, 4) is 0 Å². The first-order chi connectivity index (χ1) is 10.8. The Labute approximate surface area is 144 Å². The van der Waals surface area contributed by atoms with E-state index >= 15 is 0 Å². The Morgan fingerprint density at radius 3 is 2.48 bits per heavy atom. The van der Waals surface area contributed by atoms with Crippen LogP contribution in [-0.2, 0) is 4.74 Å². The van der Waals surface area contributed by atoms with Crippen molar-refractivity contribution in [2.45, 2.75) is 32.8 Å². The van der Waals surface area contributed by atoms with Gasteiger partial charge in [-0.1, -0.05) is 0 Å². The van der Waals surface area contributed by atoms with Gasteiger partial charge in [-0.05, 0) is 55.3 Å². The van der Waals surface area contributed by atoms with Gasteiger partial charge in [0.25, 0.3) is 5.91 Å². The van der Waals surface area contributed by atoms with E-state index < -0.39 is 5.60 Å². The number of carbonyl (C=O) groups excluding carboxylic acids is 2. The molecule has 0 aliphatic carbocycles. The van der Waals surface area contributed by atoms with Gasteiger partial charge in [0.05, 0.1) is 0 Å². The summed E-state index contributed by atoms with van der Waals surface area (Å²) in [5.41, 5.74) is 0.0833. The molecule has 2 rings (SSSR count). The Hall–Kier alpha value is -1.63. The van der Waals surface area contributed by atoms with E-state index in [1.54, 1.807) is 28.1 Å². The zero-order valence-corrected chi connectivity index (χ0v) is 15.3. The van der Waals surface area contributed by atoms with Crippen molar-refractivity contribution in [3.05, 3.63) is 28.5 Å². The molecule has 2 heterocycles. The lowest BCUT2D eigenvalue weighted by Crippen LogP contribution is -2.40. The molecule has 1 fully saturated rings. The summed E-state index contributed by atoms with van der Waals surface area (Å²) in [5.74, 6) is -0.0425. The fraction of sp³-hybridized carbons (Fsp3) is 0.562. The van der Waals surface area contributed by atoms with E-state index in [-0.39, 0.29) is 12.0 Å². The topological polar surface area (TPSA) is 62.7 Å². The minimum atomic E-state index is -0.512. The maximum absolute atomic E-state index is 12.6. The van der Waals surface area contributed by atoms with E-state index in [4.69, 9.17) is 4.74 Å². The second kappa shape index (κ2) is 7.29. The molecule has 0 unspecified atom stereocenters. The van der Waals surface area contributed by atoms with Crippen LogP contribution in [0, 0.1) is 0 Å². The minimum absolute atomic E-state index is 0.0425. The molecule has 0 aromatic carbocycles. The monoisotopic (exact) mass is 383 g/mol. The number of rotatable bonds is 1. The van der Waals surface area contributed by atoms with Crippen molar-refractivity contribution in [3.63, 3.8) is 0 Å². The third kappa shape index (κ3) is 5.20. The molecule has 2 amide bonds. The molecular formula is C16H22BrN3O3. The normalized spacial score (nSPS) is 16.0. The summed E-state index contributed by atoms with van der Waals surface area (Å²) < 4.78 is 6.03. The van der Waals surface area contributed by atoms with Crippen molar-refractivity contribution < 1.29 is 14.3 Å². The van der Waals surface area contributed by atoms with Gasteiger partial charge in [-0.2, -0.15) is 0 Å². The molecule has 1 saturated heterocycles. The number of nitrogens with zero attached hydrogens (tertiary/aromatic N) is 3. The van der Waals surface area contributed by atoms with Gasteiger partial charge in [0.1, 0.15) is 10.2 Å². The molecule has 0 bridgehead atoms. The highest BCUT2D eigenvalue weighted by Gasteiger charge is 2.26. The van der Waals surface area contributed by atoms with Crippen LogP contribution >= 0.6 is 15.9 Å². The Balaban J connectivity index is 1.98. The van der Waals surface area contributed by atoms with Gasteiger partial charge in [-0.25, -0.2) is 9.78 Å². The summed E-state index contributed by atoms with van der Waals surface area (Å²) >= 11 is 3.28. The SMILES string of the molecule is CC(C)(C)OC(=O)N1CCCN(C(=O)c2ccnc(Br)c2)CC1. The smallest absolute Gasteiger partial charge is 0.410 e. The second-order valence-electron chi connectivity index (χ2n) is 6.48. The van der Waals surface area contributed by atoms with Gasteiger partial charge in [-0.15, -0.1) is 0 Å². The lowest BCUT2D eigenvalue weighted by Gasteiger charge is -2.26. The van der Waals surface area contributed by atoms with Gasteiger partial charge in [0, 0.05) is 37.9 Å². The molecule has 0 atom stereocenters. The summed E-state index contributed by atoms with van der Waals surface area (Å²) in [5, 5.41) is 0. The van der Waals surface area contributed by atoms with Crippen LogP contribution in [0.4, 0.5) is 4.79 Å². The highest BCUT2D eigenvalue weighted by molar-refractivity contribution is 9.10. The van der Waals surface area contributed by atoms with Crippen molar-refractivity contribution in [1.29, 1.82) is 0 Å². The first kappa shape index (κ1) is 17.7. The molecule has 1 aliphatic heterocycles. The van der Waals surface area contributed by atoms with E-state index in [1.807, 2.05) is 20.8 Å². The van der Waals surface area contributed by atoms with E-state index in [0.717, 1.165) is 6.42 Å². The standard InChI is InChI=1S/C16H22BrN3O3/c1-16(2,3)23-15(22)20-8-4-7-19(9-10-20)14(21)12-5-6-18-13(17)11-12/h5-6,11H,4,7-10H2,1-3H3. The summed E-state index contributed by atoms with van der Waals surface area (Å²) in [6.45, 7) is 7.74. The van der Waals surface area contributed by atoms with Gasteiger partial charge in [0.2, 0.25) is 0 Å². The summed E-state index contributed by atoms with van der Waals surface area (Å²) in [7, 11) is 0. The molecule has 0 radical (unpaired) electrons. The lowest BCUT2D eigenvalue weighted by molar-refractivity contribution is 0.0255. The predicted molar refractivity (Wildman–Crippen MR) is 90.3 cm³/mol. The highest BCUT2D eigenvalue weighted by atomic mass is 79.9. The highest BCUT2D eigenvalue weighted by Crippen LogP contribution is 2.15. The van der Waals surface area contributed by atoms with E-state index in [0.29, 0.717) is 36.3 Å². The van der Waals surface area contributed by atoms with E-state index in [9.17, 15) is 9.59 Å². The number of halogens is 1. The molecule has 0 N–H and O–H groups in total. The largest absolute Gasteiger partial charge is 0.444 e. The predicted octanol–water partition coefficient (Wildman–Crippen LogP) is 2.93. The third-order valence-electron chi connectivity index (χ3n) is 3.41. The Morgan fingerprint density at radius 1 is 1.17 bits per heavy atom. The van der Waals surface area contributed by atoms with Crippen molar-refractivity contribution in [2.75, 3.05) is 26.2 Å². The third-order valence-corrected chi connectivity index (χ3v) is 3.84. The average Bonchev–Trinajstić information content (AvgIpc) is 2.70. The van der Waals surface area contributed by atoms with Crippen molar-refractivity contribution >= 4 is 27.9 Å². The van der Waals surface area contributed by atoms with Crippen LogP contribution in [0.5, 0.6) is 0 Å². The van der Waals surface area contributed by atoms with Crippen LogP contribution in [0.1, 0.15) is 37.6 Å². The fourth-order valence-corrected chi connectivity index (χ4v) is 2.71. The van der Waals surface area contributed by atoms with Crippen LogP contribution < -0.4 is 0 Å². The summed E-state index contributed by atoms with van der Waals surface area (Å²) in [6.07, 6.45) is 2.01. The van der Waals surface area contributed by atoms with Crippen LogP contribution in [0.15, 0.2) is 22.9 Å². The number of hydrogen-bond donors (Lipinski definition) is 0. The number of ether oxygens (including phenoxy) is 1. The first-order valence-corrected chi connectivity index (χ1v) is 8.44. The van der Waals surface area contributed by atoms with E-state index in [2.05, 4.69) is 20.9 Å². The van der Waals surface area contributed by atoms with Gasteiger partial charge < -0.3 is 14.5 Å². The van der Waals surface area contributed by atoms with E-state index in [1.165, 1.54) is 0 Å². The molecular weight excluding hydrogens is 362 g/mol. The fourth-order valence-electron chi connectivity index (χ4n) is 2.35. The number of amides is 2. The molecule has 0 saturated carbocycles. The van der Waals surface area contributed by atoms with Gasteiger partial charge in [0.15, 0.2) is 0 Å². The Bertz CT molecular complexity index is 586. The maximum atomic E-state index is 12.6. The summed E-state index contributed by atoms with van der Waals surface area (Å²) in [4.78, 5) is 32.2. The Kier molecular flexibility index (Phi) is 5.62. The number of carbonyl (C=O) groups is 2. The molecule has 7 heteroatoms. The average molecular weight is 384 g/mol. The lowest BCUT2D eigenvalue weighted by atomic mass is 10.2. The maximum Gasteiger partial charge on any atom is 0.410 e. The zero-order chi connectivity index (χ0) is 17.0. The van der Waals surface area contributed by atoms with Crippen molar-refractivity contribution in [2.24, 2.45) is 0 Å². The van der Waals surface area contributed by atoms with Crippen LogP contribution in [-0.4, -0.2) is 58.6 Å². The minimum Gasteiger partial charge on any atom is -0.444 e. The van der Waals surface area contributed by atoms with Gasteiger partial charge in [-0.3, -0.25) is 4.79 Å². The quantitative estimate of drug-likeness (QED) is 0.699. The molecule has 1 aromatic heterocycles. The Morgan fingerprint density at radius 2 is 1.83 bits per heavy atom. The number of pyridine rings is 1. The molecule has 1 aliphatic rings. The summed E-state index contributed by atoms with van der Waals surface area (Å²) in [6, 6.07) is 3.41. The molecule has 126 valence electrons. The molecule has 0 spiro atoms. The van der Waals surface area contributed by atoms with Crippen LogP contribution in [0.25, 0.3) is 0 Å². The second-order valence-corrected chi connectivity index (χ2v) is 7.29. The molecule has 23 heavy (non-hydrogen) atoms. The first-order valence-electron chi connectivity index (χ1n) is 7.65. The van der Waals surface area contributed by atoms with Gasteiger partial charge >= 0.3 is 6.09 Å². The zero-order valence-electron chi connectivity index (χ0n) is 13.7. The van der Waals surface area contributed by atoms with Crippen LogP contribution in [0.3, 0.4) is 0 Å².